The van der Waals surface area contributed by atoms with Crippen LogP contribution >= 0.6 is 0 Å². The van der Waals surface area contributed by atoms with Gasteiger partial charge >= 0.3 is 11.9 Å². The van der Waals surface area contributed by atoms with Crippen molar-refractivity contribution in [2.45, 2.75) is 6.92 Å². The molecule has 0 aromatic rings. The molecule has 0 rings (SSSR count). The first-order valence-electron chi connectivity index (χ1n) is 3.45. The van der Waals surface area contributed by atoms with E-state index in [2.05, 4.69) is 10.1 Å². The Labute approximate surface area is 70.0 Å². The number of carboxylic acid groups (broad SMARTS) is 1. The Hall–Kier alpha value is -1.52. The molecule has 0 aliphatic carbocycles. The van der Waals surface area contributed by atoms with Gasteiger partial charge in [-0.25, -0.2) is 4.79 Å². The molecular weight excluding hydrogens is 162 g/mol. The van der Waals surface area contributed by atoms with Gasteiger partial charge in [0.05, 0.1) is 6.61 Å². The fourth-order valence-electron chi connectivity index (χ4n) is 0.484. The van der Waals surface area contributed by atoms with E-state index in [0.29, 0.717) is 6.61 Å². The maximum absolute atomic E-state index is 10.6. The van der Waals surface area contributed by atoms with Gasteiger partial charge in [-0.1, -0.05) is 0 Å². The monoisotopic (exact) mass is 173 g/mol. The maximum Gasteiger partial charge on any atom is 0.329 e. The van der Waals surface area contributed by atoms with Crippen LogP contribution in [0, 0.1) is 0 Å². The molecule has 68 valence electrons. The summed E-state index contributed by atoms with van der Waals surface area (Å²) in [5, 5.41) is 10.6. The number of rotatable bonds is 5. The van der Waals surface area contributed by atoms with Crippen molar-refractivity contribution < 1.29 is 19.4 Å². The third kappa shape index (κ3) is 6.60. The van der Waals surface area contributed by atoms with Crippen molar-refractivity contribution in [3.63, 3.8) is 0 Å². The lowest BCUT2D eigenvalue weighted by molar-refractivity contribution is -0.141. The maximum atomic E-state index is 10.6. The highest BCUT2D eigenvalue weighted by molar-refractivity contribution is 5.79. The largest absolute Gasteiger partial charge is 0.478 e. The van der Waals surface area contributed by atoms with Crippen molar-refractivity contribution in [2.24, 2.45) is 0 Å². The summed E-state index contributed by atoms with van der Waals surface area (Å²) < 4.78 is 4.57. The minimum atomic E-state index is -1.06. The number of aliphatic carboxylic acids is 1. The van der Waals surface area contributed by atoms with Crippen LogP contribution in [0.4, 0.5) is 0 Å². The van der Waals surface area contributed by atoms with Crippen LogP contribution in [0.1, 0.15) is 6.92 Å². The van der Waals surface area contributed by atoms with Crippen molar-refractivity contribution in [3.05, 3.63) is 12.3 Å². The summed E-state index contributed by atoms with van der Waals surface area (Å²) in [5.74, 6) is -1.47. The van der Waals surface area contributed by atoms with E-state index in [-0.39, 0.29) is 6.54 Å². The molecule has 0 aromatic carbocycles. The minimum absolute atomic E-state index is 0.0162. The van der Waals surface area contributed by atoms with Gasteiger partial charge in [0, 0.05) is 12.3 Å². The summed E-state index contributed by atoms with van der Waals surface area (Å²) in [6.07, 6.45) is 2.08. The number of carbonyl (C=O) groups excluding carboxylic acids is 1. The van der Waals surface area contributed by atoms with Gasteiger partial charge in [-0.2, -0.15) is 0 Å². The smallest absolute Gasteiger partial charge is 0.329 e. The second kappa shape index (κ2) is 6.21. The molecule has 0 fully saturated rings. The Balaban J connectivity index is 3.43. The van der Waals surface area contributed by atoms with E-state index in [4.69, 9.17) is 5.11 Å². The van der Waals surface area contributed by atoms with E-state index in [0.717, 1.165) is 6.08 Å². The third-order valence-corrected chi connectivity index (χ3v) is 0.895. The summed E-state index contributed by atoms with van der Waals surface area (Å²) in [6.45, 7) is 2.01. The first-order chi connectivity index (χ1) is 5.66. The lowest BCUT2D eigenvalue weighted by Crippen LogP contribution is -2.20. The molecule has 2 N–H and O–H groups in total. The Morgan fingerprint density at radius 2 is 2.25 bits per heavy atom. The van der Waals surface area contributed by atoms with E-state index in [1.165, 1.54) is 6.20 Å². The Kier molecular flexibility index (Phi) is 5.42. The van der Waals surface area contributed by atoms with Crippen LogP contribution in [0.15, 0.2) is 12.3 Å². The highest BCUT2D eigenvalue weighted by Crippen LogP contribution is 1.75. The van der Waals surface area contributed by atoms with E-state index in [9.17, 15) is 9.59 Å². The van der Waals surface area contributed by atoms with Crippen molar-refractivity contribution in [2.75, 3.05) is 13.2 Å². The van der Waals surface area contributed by atoms with Crippen LogP contribution < -0.4 is 5.32 Å². The molecule has 0 saturated carbocycles. The molecular formula is C7H11NO4. The molecule has 0 bridgehead atoms. The Morgan fingerprint density at radius 1 is 1.58 bits per heavy atom. The van der Waals surface area contributed by atoms with Gasteiger partial charge in [-0.3, -0.25) is 4.79 Å². The van der Waals surface area contributed by atoms with Gasteiger partial charge < -0.3 is 15.2 Å². The average molecular weight is 173 g/mol. The molecule has 5 nitrogen and oxygen atoms in total. The third-order valence-electron chi connectivity index (χ3n) is 0.895. The second-order valence-corrected chi connectivity index (χ2v) is 1.86. The molecule has 0 heterocycles. The van der Waals surface area contributed by atoms with Gasteiger partial charge in [0.15, 0.2) is 0 Å². The van der Waals surface area contributed by atoms with E-state index in [1.54, 1.807) is 6.92 Å². The average Bonchev–Trinajstić information content (AvgIpc) is 1.98. The molecule has 0 radical (unpaired) electrons. The van der Waals surface area contributed by atoms with Gasteiger partial charge in [0.1, 0.15) is 6.54 Å². The molecule has 0 spiro atoms. The molecule has 0 aromatic heterocycles. The predicted molar refractivity (Wildman–Crippen MR) is 41.4 cm³/mol. The number of nitrogens with one attached hydrogen (secondary N) is 1. The fourth-order valence-corrected chi connectivity index (χ4v) is 0.484. The van der Waals surface area contributed by atoms with Crippen LogP contribution in [0.3, 0.4) is 0 Å². The molecule has 12 heavy (non-hydrogen) atoms. The molecule has 0 unspecified atom stereocenters. The highest BCUT2D eigenvalue weighted by atomic mass is 16.5. The van der Waals surface area contributed by atoms with Crippen molar-refractivity contribution in [3.8, 4) is 0 Å². The van der Waals surface area contributed by atoms with Gasteiger partial charge in [-0.05, 0) is 6.92 Å². The SMILES string of the molecule is CCOC(=O)CN/C=C/C(=O)O. The minimum Gasteiger partial charge on any atom is -0.478 e. The molecule has 0 atom stereocenters. The van der Waals surface area contributed by atoms with E-state index >= 15 is 0 Å². The van der Waals surface area contributed by atoms with Crippen LogP contribution in [-0.2, 0) is 14.3 Å². The standard InChI is InChI=1S/C7H11NO4/c1-2-12-7(11)5-8-4-3-6(9)10/h3-4,8H,2,5H2,1H3,(H,9,10)/b4-3+. The number of carbonyl (C=O) groups is 2. The zero-order chi connectivity index (χ0) is 9.40. The van der Waals surface area contributed by atoms with Gasteiger partial charge in [-0.15, -0.1) is 0 Å². The first kappa shape index (κ1) is 10.5. The topological polar surface area (TPSA) is 75.6 Å². The normalized spacial score (nSPS) is 9.75. The van der Waals surface area contributed by atoms with Crippen LogP contribution in [0.5, 0.6) is 0 Å². The van der Waals surface area contributed by atoms with E-state index < -0.39 is 11.9 Å². The summed E-state index contributed by atoms with van der Waals surface area (Å²) in [6, 6.07) is 0. The predicted octanol–water partition coefficient (Wildman–Crippen LogP) is -0.263. The molecule has 0 saturated heterocycles. The second-order valence-electron chi connectivity index (χ2n) is 1.86. The fraction of sp³-hybridized carbons (Fsp3) is 0.429. The number of hydrogen-bond donors (Lipinski definition) is 2. The summed E-state index contributed by atoms with van der Waals surface area (Å²) in [5.41, 5.74) is 0. The van der Waals surface area contributed by atoms with Crippen molar-refractivity contribution in [1.82, 2.24) is 5.32 Å². The van der Waals surface area contributed by atoms with E-state index in [1.807, 2.05) is 0 Å². The Morgan fingerprint density at radius 3 is 2.75 bits per heavy atom. The number of carboxylic acids is 1. The van der Waals surface area contributed by atoms with Crippen molar-refractivity contribution in [1.29, 1.82) is 0 Å². The van der Waals surface area contributed by atoms with Gasteiger partial charge in [0.25, 0.3) is 0 Å². The zero-order valence-electron chi connectivity index (χ0n) is 6.74. The summed E-state index contributed by atoms with van der Waals surface area (Å²) >= 11 is 0. The lowest BCUT2D eigenvalue weighted by Gasteiger charge is -1.99. The Bertz CT molecular complexity index is 188. The summed E-state index contributed by atoms with van der Waals surface area (Å²) in [7, 11) is 0. The quantitative estimate of drug-likeness (QED) is 0.442. The summed E-state index contributed by atoms with van der Waals surface area (Å²) in [4.78, 5) is 20.5. The van der Waals surface area contributed by atoms with Crippen molar-refractivity contribution >= 4 is 11.9 Å². The van der Waals surface area contributed by atoms with Crippen LogP contribution in [0.25, 0.3) is 0 Å². The first-order valence-corrected chi connectivity index (χ1v) is 3.45. The molecule has 0 aliphatic rings. The number of hydrogen-bond acceptors (Lipinski definition) is 4. The molecule has 0 amide bonds. The zero-order valence-corrected chi connectivity index (χ0v) is 6.74. The number of ether oxygens (including phenoxy) is 1. The highest BCUT2D eigenvalue weighted by Gasteiger charge is 1.96. The van der Waals surface area contributed by atoms with Gasteiger partial charge in [0.2, 0.25) is 0 Å². The number of esters is 1. The lowest BCUT2D eigenvalue weighted by atomic mass is 10.6. The molecule has 5 heteroatoms. The molecule has 0 aliphatic heterocycles. The van der Waals surface area contributed by atoms with Crippen LogP contribution in [-0.4, -0.2) is 30.2 Å². The van der Waals surface area contributed by atoms with Crippen LogP contribution in [0.2, 0.25) is 0 Å².